The van der Waals surface area contributed by atoms with Crippen molar-refractivity contribution >= 4 is 27.4 Å². The average molecular weight is 283 g/mol. The number of anilines is 1. The number of imidazole rings is 1. The molecule has 19 heavy (non-hydrogen) atoms. The molecule has 2 N–H and O–H groups in total. The lowest BCUT2D eigenvalue weighted by Gasteiger charge is -2.02. The molecule has 2 heterocycles. The molecule has 0 amide bonds. The molecule has 0 aliphatic rings. The summed E-state index contributed by atoms with van der Waals surface area (Å²) in [4.78, 5) is 28.1. The van der Waals surface area contributed by atoms with Gasteiger partial charge in [-0.1, -0.05) is 0 Å². The molecule has 0 unspecified atom stereocenters. The molecule has 0 aliphatic carbocycles. The Balaban J connectivity index is 1.85. The van der Waals surface area contributed by atoms with Crippen molar-refractivity contribution in [2.24, 2.45) is 0 Å². The molecule has 2 aromatic rings. The average Bonchev–Trinajstić information content (AvgIpc) is 2.97. The van der Waals surface area contributed by atoms with Gasteiger partial charge in [0, 0.05) is 19.3 Å². The van der Waals surface area contributed by atoms with Crippen LogP contribution in [0, 0.1) is 10.1 Å². The molecule has 0 saturated carbocycles. The number of hydrogen-bond acceptors (Lipinski definition) is 7. The first kappa shape index (κ1) is 13.0. The Morgan fingerprint density at radius 3 is 2.95 bits per heavy atom. The van der Waals surface area contributed by atoms with Gasteiger partial charge >= 0.3 is 11.0 Å². The summed E-state index contributed by atoms with van der Waals surface area (Å²) in [5.41, 5.74) is -0.0233. The lowest BCUT2D eigenvalue weighted by Crippen LogP contribution is -2.09. The number of aromatic nitrogens is 3. The molecule has 0 radical (unpaired) electrons. The van der Waals surface area contributed by atoms with E-state index in [9.17, 15) is 14.9 Å². The molecule has 0 atom stereocenters. The fourth-order valence-corrected chi connectivity index (χ4v) is 1.97. The van der Waals surface area contributed by atoms with E-state index in [0.29, 0.717) is 18.2 Å². The molecule has 100 valence electrons. The first-order chi connectivity index (χ1) is 9.06. The lowest BCUT2D eigenvalue weighted by molar-refractivity contribution is -0.380. The number of carboxylic acid groups (broad SMARTS) is 1. The highest BCUT2D eigenvalue weighted by Gasteiger charge is 2.11. The highest BCUT2D eigenvalue weighted by Crippen LogP contribution is 2.24. The molecule has 0 aromatic carbocycles. The van der Waals surface area contributed by atoms with Gasteiger partial charge in [0.2, 0.25) is 0 Å². The molecule has 2 aromatic heterocycles. The topological polar surface area (TPSA) is 123 Å². The van der Waals surface area contributed by atoms with Crippen LogP contribution in [0.2, 0.25) is 0 Å². The van der Waals surface area contributed by atoms with Crippen LogP contribution in [0.25, 0.3) is 0 Å². The van der Waals surface area contributed by atoms with Gasteiger partial charge in [0.1, 0.15) is 6.20 Å². The summed E-state index contributed by atoms with van der Waals surface area (Å²) < 4.78 is 1.61. The summed E-state index contributed by atoms with van der Waals surface area (Å²) in [6, 6.07) is 0. The molecular formula is C9H9N5O4S. The second kappa shape index (κ2) is 5.44. The van der Waals surface area contributed by atoms with Gasteiger partial charge in [-0.25, -0.2) is 14.8 Å². The van der Waals surface area contributed by atoms with E-state index in [1.54, 1.807) is 4.57 Å². The number of carbonyl (C=O) groups is 1. The Hall–Kier alpha value is -2.49. The lowest BCUT2D eigenvalue weighted by atomic mass is 10.5. The molecule has 0 fully saturated rings. The number of nitrogens with one attached hydrogen (secondary N) is 1. The quantitative estimate of drug-likeness (QED) is 0.600. The second-order valence-electron chi connectivity index (χ2n) is 3.49. The van der Waals surface area contributed by atoms with E-state index in [0.717, 1.165) is 11.3 Å². The van der Waals surface area contributed by atoms with Gasteiger partial charge < -0.3 is 15.0 Å². The van der Waals surface area contributed by atoms with E-state index in [1.165, 1.54) is 18.7 Å². The normalized spacial score (nSPS) is 10.3. The molecule has 0 aliphatic heterocycles. The minimum absolute atomic E-state index is 0.0233. The largest absolute Gasteiger partial charge is 0.476 e. The third kappa shape index (κ3) is 3.25. The van der Waals surface area contributed by atoms with Crippen molar-refractivity contribution in [3.63, 3.8) is 0 Å². The van der Waals surface area contributed by atoms with Gasteiger partial charge in [-0.2, -0.15) is 0 Å². The van der Waals surface area contributed by atoms with Crippen molar-refractivity contribution in [1.82, 2.24) is 14.5 Å². The second-order valence-corrected chi connectivity index (χ2v) is 4.50. The first-order valence-electron chi connectivity index (χ1n) is 5.15. The van der Waals surface area contributed by atoms with E-state index in [2.05, 4.69) is 15.3 Å². The highest BCUT2D eigenvalue weighted by atomic mass is 32.1. The van der Waals surface area contributed by atoms with Crippen molar-refractivity contribution in [1.29, 1.82) is 0 Å². The maximum absolute atomic E-state index is 10.6. The van der Waals surface area contributed by atoms with Crippen molar-refractivity contribution < 1.29 is 14.8 Å². The number of hydrogen-bond donors (Lipinski definition) is 2. The van der Waals surface area contributed by atoms with Crippen molar-refractivity contribution in [3.8, 4) is 0 Å². The standard InChI is InChI=1S/C9H9N5O4S/c15-8(16)6-4-13(5-12-6)2-1-10-9-11-3-7(19-9)14(17)18/h3-5H,1-2H2,(H,10,11)(H,15,16). The summed E-state index contributed by atoms with van der Waals surface area (Å²) in [6.07, 6.45) is 4.01. The van der Waals surface area contributed by atoms with E-state index >= 15 is 0 Å². The van der Waals surface area contributed by atoms with Crippen LogP contribution in [0.4, 0.5) is 10.1 Å². The van der Waals surface area contributed by atoms with Gasteiger partial charge in [-0.05, 0) is 11.3 Å². The number of aromatic carboxylic acids is 1. The molecular weight excluding hydrogens is 274 g/mol. The molecule has 2 rings (SSSR count). The Labute approximate surface area is 110 Å². The predicted octanol–water partition coefficient (Wildman–Crippen LogP) is 1.06. The Morgan fingerprint density at radius 1 is 1.58 bits per heavy atom. The van der Waals surface area contributed by atoms with Gasteiger partial charge in [-0.15, -0.1) is 0 Å². The molecule has 9 nitrogen and oxygen atoms in total. The minimum Gasteiger partial charge on any atom is -0.476 e. The van der Waals surface area contributed by atoms with Crippen LogP contribution in [0.3, 0.4) is 0 Å². The highest BCUT2D eigenvalue weighted by molar-refractivity contribution is 7.18. The summed E-state index contributed by atoms with van der Waals surface area (Å²) in [5, 5.41) is 22.5. The zero-order chi connectivity index (χ0) is 13.8. The molecule has 0 bridgehead atoms. The Kier molecular flexibility index (Phi) is 3.71. The van der Waals surface area contributed by atoms with Gasteiger partial charge in [-0.3, -0.25) is 10.1 Å². The van der Waals surface area contributed by atoms with E-state index in [4.69, 9.17) is 5.11 Å². The van der Waals surface area contributed by atoms with Crippen LogP contribution in [-0.4, -0.2) is 37.1 Å². The van der Waals surface area contributed by atoms with E-state index in [1.807, 2.05) is 0 Å². The van der Waals surface area contributed by atoms with Gasteiger partial charge in [0.15, 0.2) is 10.8 Å². The van der Waals surface area contributed by atoms with Crippen LogP contribution in [0.5, 0.6) is 0 Å². The smallest absolute Gasteiger partial charge is 0.356 e. The number of thiazole rings is 1. The monoisotopic (exact) mass is 283 g/mol. The SMILES string of the molecule is O=C(O)c1cn(CCNc2ncc([N+](=O)[O-])s2)cn1. The van der Waals surface area contributed by atoms with Crippen molar-refractivity contribution in [3.05, 3.63) is 34.5 Å². The van der Waals surface area contributed by atoms with Crippen LogP contribution in [0.1, 0.15) is 10.5 Å². The predicted molar refractivity (Wildman–Crippen MR) is 66.4 cm³/mol. The van der Waals surface area contributed by atoms with Gasteiger partial charge in [0.05, 0.1) is 11.3 Å². The first-order valence-corrected chi connectivity index (χ1v) is 5.97. The molecule has 0 spiro atoms. The van der Waals surface area contributed by atoms with Gasteiger partial charge in [0.25, 0.3) is 0 Å². The van der Waals surface area contributed by atoms with E-state index < -0.39 is 10.9 Å². The third-order valence-electron chi connectivity index (χ3n) is 2.17. The number of nitro groups is 1. The van der Waals surface area contributed by atoms with Crippen LogP contribution < -0.4 is 5.32 Å². The molecule has 0 saturated heterocycles. The maximum atomic E-state index is 10.6. The Bertz CT molecular complexity index is 555. The van der Waals surface area contributed by atoms with Crippen LogP contribution in [0.15, 0.2) is 18.7 Å². The summed E-state index contributed by atoms with van der Waals surface area (Å²) in [6.45, 7) is 0.938. The van der Waals surface area contributed by atoms with Crippen LogP contribution in [-0.2, 0) is 6.54 Å². The fourth-order valence-electron chi connectivity index (χ4n) is 1.32. The minimum atomic E-state index is -1.08. The number of nitrogens with zero attached hydrogens (tertiary/aromatic N) is 4. The van der Waals surface area contributed by atoms with E-state index in [-0.39, 0.29) is 10.7 Å². The zero-order valence-electron chi connectivity index (χ0n) is 9.52. The number of carboxylic acids is 1. The summed E-state index contributed by atoms with van der Waals surface area (Å²) >= 11 is 0.946. The number of rotatable bonds is 6. The van der Waals surface area contributed by atoms with Crippen molar-refractivity contribution in [2.75, 3.05) is 11.9 Å². The zero-order valence-corrected chi connectivity index (χ0v) is 10.3. The summed E-state index contributed by atoms with van der Waals surface area (Å²) in [5.74, 6) is -1.08. The maximum Gasteiger partial charge on any atom is 0.356 e. The fraction of sp³-hybridized carbons (Fsp3) is 0.222. The third-order valence-corrected chi connectivity index (χ3v) is 3.08. The van der Waals surface area contributed by atoms with Crippen LogP contribution >= 0.6 is 11.3 Å². The van der Waals surface area contributed by atoms with Crippen molar-refractivity contribution in [2.45, 2.75) is 6.54 Å². The summed E-state index contributed by atoms with van der Waals surface area (Å²) in [7, 11) is 0. The Morgan fingerprint density at radius 2 is 2.37 bits per heavy atom. The molecule has 10 heteroatoms.